The highest BCUT2D eigenvalue weighted by Crippen LogP contribution is 2.45. The van der Waals surface area contributed by atoms with Crippen LogP contribution in [0.1, 0.15) is 36.9 Å². The van der Waals surface area contributed by atoms with Crippen LogP contribution in [0.2, 0.25) is 0 Å². The summed E-state index contributed by atoms with van der Waals surface area (Å²) in [6, 6.07) is 7.66. The number of rotatable bonds is 5. The summed E-state index contributed by atoms with van der Waals surface area (Å²) in [6.45, 7) is 4.81. The van der Waals surface area contributed by atoms with E-state index < -0.39 is 17.2 Å². The van der Waals surface area contributed by atoms with Gasteiger partial charge in [-0.25, -0.2) is 8.78 Å². The van der Waals surface area contributed by atoms with E-state index in [1.807, 2.05) is 6.07 Å². The summed E-state index contributed by atoms with van der Waals surface area (Å²) in [7, 11) is 0. The summed E-state index contributed by atoms with van der Waals surface area (Å²) in [5, 5.41) is 20.4. The first-order valence-electron chi connectivity index (χ1n) is 9.85. The van der Waals surface area contributed by atoms with Crippen molar-refractivity contribution in [2.45, 2.75) is 37.7 Å². The molecule has 1 aliphatic heterocycles. The Morgan fingerprint density at radius 2 is 1.89 bits per heavy atom. The number of benzene rings is 1. The third-order valence-corrected chi connectivity index (χ3v) is 6.30. The van der Waals surface area contributed by atoms with Gasteiger partial charge in [-0.05, 0) is 48.4 Å². The predicted octanol–water partition coefficient (Wildman–Crippen LogP) is 3.48. The standard InChI is InChI=1S/C22H26F2N2O2/c1-14(20-6-5-18(27)10-25-20)11-26-12-16-8-22(28,9-17(16)13-26)7-15-3-2-4-19(23)21(15)24/h2-6,10,14,16-17,27-28H,7-9,11-13H2,1H3/t14?,16-,17+,22?. The van der Waals surface area contributed by atoms with Crippen molar-refractivity contribution in [2.24, 2.45) is 11.8 Å². The molecule has 1 saturated carbocycles. The number of likely N-dealkylation sites (tertiary alicyclic amines) is 1. The van der Waals surface area contributed by atoms with Crippen LogP contribution in [-0.2, 0) is 6.42 Å². The summed E-state index contributed by atoms with van der Waals surface area (Å²) < 4.78 is 27.5. The maximum Gasteiger partial charge on any atom is 0.162 e. The highest BCUT2D eigenvalue weighted by atomic mass is 19.2. The van der Waals surface area contributed by atoms with Crippen LogP contribution in [0.25, 0.3) is 0 Å². The Kier molecular flexibility index (Phi) is 5.10. The molecule has 2 heterocycles. The molecule has 2 unspecified atom stereocenters. The normalized spacial score (nSPS) is 28.4. The Hall–Kier alpha value is -2.05. The number of aromatic hydroxyl groups is 1. The van der Waals surface area contributed by atoms with Gasteiger partial charge in [-0.15, -0.1) is 0 Å². The molecule has 1 aromatic carbocycles. The average molecular weight is 388 g/mol. The zero-order valence-corrected chi connectivity index (χ0v) is 16.0. The number of fused-ring (bicyclic) bond motifs is 1. The molecule has 28 heavy (non-hydrogen) atoms. The van der Waals surface area contributed by atoms with Gasteiger partial charge in [0.1, 0.15) is 5.75 Å². The van der Waals surface area contributed by atoms with Crippen LogP contribution < -0.4 is 0 Å². The lowest BCUT2D eigenvalue weighted by Crippen LogP contribution is -2.33. The van der Waals surface area contributed by atoms with E-state index in [0.29, 0.717) is 24.7 Å². The molecule has 2 aliphatic rings. The lowest BCUT2D eigenvalue weighted by Gasteiger charge is -2.27. The Labute approximate surface area is 163 Å². The van der Waals surface area contributed by atoms with Gasteiger partial charge >= 0.3 is 0 Å². The van der Waals surface area contributed by atoms with Gasteiger partial charge < -0.3 is 15.1 Å². The van der Waals surface area contributed by atoms with Crippen LogP contribution in [0.15, 0.2) is 36.5 Å². The second-order valence-electron chi connectivity index (χ2n) is 8.60. The molecular weight excluding hydrogens is 362 g/mol. The fraction of sp³-hybridized carbons (Fsp3) is 0.500. The first kappa shape index (κ1) is 19.3. The highest BCUT2D eigenvalue weighted by molar-refractivity contribution is 5.22. The fourth-order valence-corrected chi connectivity index (χ4v) is 5.06. The Bertz CT molecular complexity index is 829. The number of pyridine rings is 1. The summed E-state index contributed by atoms with van der Waals surface area (Å²) >= 11 is 0. The van der Waals surface area contributed by atoms with Crippen LogP contribution in [0, 0.1) is 23.5 Å². The van der Waals surface area contributed by atoms with Gasteiger partial charge in [-0.2, -0.15) is 0 Å². The summed E-state index contributed by atoms with van der Waals surface area (Å²) in [5.41, 5.74) is 0.250. The molecule has 4 rings (SSSR count). The average Bonchev–Trinajstić information content (AvgIpc) is 3.13. The van der Waals surface area contributed by atoms with Crippen LogP contribution in [0.4, 0.5) is 8.78 Å². The molecule has 4 atom stereocenters. The van der Waals surface area contributed by atoms with E-state index in [-0.39, 0.29) is 23.7 Å². The minimum Gasteiger partial charge on any atom is -0.506 e. The fourth-order valence-electron chi connectivity index (χ4n) is 5.06. The maximum atomic E-state index is 14.0. The SMILES string of the molecule is CC(CN1C[C@@H]2CC(O)(Cc3cccc(F)c3F)C[C@@H]2C1)c1ccc(O)cn1. The summed E-state index contributed by atoms with van der Waals surface area (Å²) in [6.07, 6.45) is 2.87. The Morgan fingerprint density at radius 1 is 1.18 bits per heavy atom. The summed E-state index contributed by atoms with van der Waals surface area (Å²) in [4.78, 5) is 6.69. The van der Waals surface area contributed by atoms with E-state index in [2.05, 4.69) is 16.8 Å². The van der Waals surface area contributed by atoms with Crippen molar-refractivity contribution in [3.63, 3.8) is 0 Å². The molecule has 0 radical (unpaired) electrons. The zero-order valence-electron chi connectivity index (χ0n) is 16.0. The number of nitrogens with zero attached hydrogens (tertiary/aromatic N) is 2. The minimum absolute atomic E-state index is 0.164. The molecule has 150 valence electrons. The molecule has 2 N–H and O–H groups in total. The second-order valence-corrected chi connectivity index (χ2v) is 8.60. The number of halogens is 2. The molecule has 6 heteroatoms. The maximum absolute atomic E-state index is 14.0. The van der Waals surface area contributed by atoms with Gasteiger partial charge in [0, 0.05) is 37.7 Å². The van der Waals surface area contributed by atoms with Crippen molar-refractivity contribution in [1.82, 2.24) is 9.88 Å². The highest BCUT2D eigenvalue weighted by Gasteiger charge is 2.48. The van der Waals surface area contributed by atoms with Gasteiger partial charge in [0.15, 0.2) is 11.6 Å². The van der Waals surface area contributed by atoms with E-state index >= 15 is 0 Å². The lowest BCUT2D eigenvalue weighted by atomic mass is 9.91. The van der Waals surface area contributed by atoms with E-state index in [9.17, 15) is 19.0 Å². The Balaban J connectivity index is 1.35. The van der Waals surface area contributed by atoms with Crippen LogP contribution in [-0.4, -0.2) is 45.3 Å². The lowest BCUT2D eigenvalue weighted by molar-refractivity contribution is 0.0344. The predicted molar refractivity (Wildman–Crippen MR) is 102 cm³/mol. The monoisotopic (exact) mass is 388 g/mol. The first-order valence-corrected chi connectivity index (χ1v) is 9.85. The van der Waals surface area contributed by atoms with Gasteiger partial charge in [0.25, 0.3) is 0 Å². The minimum atomic E-state index is -0.958. The van der Waals surface area contributed by atoms with E-state index in [1.54, 1.807) is 12.1 Å². The van der Waals surface area contributed by atoms with Gasteiger partial charge in [-0.1, -0.05) is 19.1 Å². The van der Waals surface area contributed by atoms with Gasteiger partial charge in [0.05, 0.1) is 11.8 Å². The van der Waals surface area contributed by atoms with E-state index in [0.717, 1.165) is 31.4 Å². The quantitative estimate of drug-likeness (QED) is 0.823. The number of aromatic nitrogens is 1. The van der Waals surface area contributed by atoms with E-state index in [4.69, 9.17) is 0 Å². The first-order chi connectivity index (χ1) is 13.3. The molecular formula is C22H26F2N2O2. The largest absolute Gasteiger partial charge is 0.506 e. The molecule has 0 bridgehead atoms. The van der Waals surface area contributed by atoms with Crippen LogP contribution >= 0.6 is 0 Å². The van der Waals surface area contributed by atoms with Crippen molar-refractivity contribution in [2.75, 3.05) is 19.6 Å². The number of hydrogen-bond acceptors (Lipinski definition) is 4. The molecule has 1 saturated heterocycles. The molecule has 1 aliphatic carbocycles. The van der Waals surface area contributed by atoms with Crippen molar-refractivity contribution < 1.29 is 19.0 Å². The van der Waals surface area contributed by atoms with Crippen LogP contribution in [0.5, 0.6) is 5.75 Å². The summed E-state index contributed by atoms with van der Waals surface area (Å²) in [5.74, 6) is -0.532. The zero-order chi connectivity index (χ0) is 19.9. The van der Waals surface area contributed by atoms with Crippen LogP contribution in [0.3, 0.4) is 0 Å². The topological polar surface area (TPSA) is 56.6 Å². The number of aliphatic hydroxyl groups is 1. The second kappa shape index (κ2) is 7.41. The number of hydrogen-bond donors (Lipinski definition) is 2. The molecule has 2 aromatic rings. The third-order valence-electron chi connectivity index (χ3n) is 6.30. The molecule has 4 nitrogen and oxygen atoms in total. The van der Waals surface area contributed by atoms with Crippen molar-refractivity contribution in [3.8, 4) is 5.75 Å². The van der Waals surface area contributed by atoms with Crippen molar-refractivity contribution >= 4 is 0 Å². The molecule has 0 amide bonds. The van der Waals surface area contributed by atoms with Crippen molar-refractivity contribution in [1.29, 1.82) is 0 Å². The molecule has 0 spiro atoms. The molecule has 2 fully saturated rings. The smallest absolute Gasteiger partial charge is 0.162 e. The van der Waals surface area contributed by atoms with Gasteiger partial charge in [0.2, 0.25) is 0 Å². The molecule has 1 aromatic heterocycles. The Morgan fingerprint density at radius 3 is 2.54 bits per heavy atom. The third kappa shape index (κ3) is 3.89. The van der Waals surface area contributed by atoms with Gasteiger partial charge in [-0.3, -0.25) is 4.98 Å². The van der Waals surface area contributed by atoms with Crippen molar-refractivity contribution in [3.05, 3.63) is 59.4 Å². The van der Waals surface area contributed by atoms with E-state index in [1.165, 1.54) is 12.3 Å².